The summed E-state index contributed by atoms with van der Waals surface area (Å²) in [6.45, 7) is 2.23. The van der Waals surface area contributed by atoms with Crippen LogP contribution in [-0.2, 0) is 11.2 Å². The molecule has 0 bridgehead atoms. The minimum Gasteiger partial charge on any atom is -0.299 e. The second-order valence-electron chi connectivity index (χ2n) is 4.80. The van der Waals surface area contributed by atoms with Gasteiger partial charge >= 0.3 is 0 Å². The third-order valence-corrected chi connectivity index (χ3v) is 3.06. The minimum absolute atomic E-state index is 0.282. The summed E-state index contributed by atoms with van der Waals surface area (Å²) < 4.78 is 0. The Morgan fingerprint density at radius 3 is 2.50 bits per heavy atom. The van der Waals surface area contributed by atoms with Crippen molar-refractivity contribution in [3.8, 4) is 0 Å². The molecule has 0 aliphatic heterocycles. The Morgan fingerprint density at radius 2 is 1.83 bits per heavy atom. The average Bonchev–Trinajstić information content (AvgIpc) is 2.39. The van der Waals surface area contributed by atoms with E-state index in [0.29, 0.717) is 12.8 Å². The number of hydrogen-bond acceptors (Lipinski definition) is 3. The highest BCUT2D eigenvalue weighted by atomic mass is 16.1. The number of unbranched alkanes of at least 4 members (excludes halogenated alkanes) is 6. The smallest absolute Gasteiger partial charge is 0.138 e. The first kappa shape index (κ1) is 14.8. The molecule has 0 fully saturated rings. The molecule has 0 unspecified atom stereocenters. The second kappa shape index (κ2) is 9.75. The van der Waals surface area contributed by atoms with E-state index in [0.717, 1.165) is 12.1 Å². The Labute approximate surface area is 110 Å². The number of ketones is 1. The number of carbonyl (C=O) groups is 1. The number of hydrogen-bond donors (Lipinski definition) is 0. The summed E-state index contributed by atoms with van der Waals surface area (Å²) in [5.41, 5.74) is 0.783. The van der Waals surface area contributed by atoms with E-state index >= 15 is 0 Å². The van der Waals surface area contributed by atoms with Crippen molar-refractivity contribution in [3.63, 3.8) is 0 Å². The summed E-state index contributed by atoms with van der Waals surface area (Å²) in [7, 11) is 0. The predicted octanol–water partition coefficient (Wildman–Crippen LogP) is 3.73. The van der Waals surface area contributed by atoms with Crippen LogP contribution in [0.5, 0.6) is 0 Å². The number of nitrogens with zero attached hydrogens (tertiary/aromatic N) is 2. The van der Waals surface area contributed by atoms with Gasteiger partial charge in [0.1, 0.15) is 5.78 Å². The molecule has 0 aromatic carbocycles. The molecule has 0 amide bonds. The zero-order chi connectivity index (χ0) is 13.1. The molecule has 0 aliphatic rings. The molecule has 0 radical (unpaired) electrons. The first-order chi connectivity index (χ1) is 8.83. The van der Waals surface area contributed by atoms with Crippen LogP contribution in [0, 0.1) is 0 Å². The highest BCUT2D eigenvalue weighted by molar-refractivity contribution is 5.80. The first-order valence-electron chi connectivity index (χ1n) is 7.11. The summed E-state index contributed by atoms with van der Waals surface area (Å²) in [5, 5.41) is 7.70. The molecule has 100 valence electrons. The molecule has 1 aromatic heterocycles. The highest BCUT2D eigenvalue weighted by Crippen LogP contribution is 2.09. The molecule has 3 nitrogen and oxygen atoms in total. The van der Waals surface area contributed by atoms with Gasteiger partial charge in [0.25, 0.3) is 0 Å². The lowest BCUT2D eigenvalue weighted by molar-refractivity contribution is -0.118. The van der Waals surface area contributed by atoms with E-state index in [1.807, 2.05) is 12.1 Å². The van der Waals surface area contributed by atoms with Crippen LogP contribution in [0.25, 0.3) is 0 Å². The van der Waals surface area contributed by atoms with Crippen LogP contribution in [-0.4, -0.2) is 16.0 Å². The Balaban J connectivity index is 2.00. The van der Waals surface area contributed by atoms with Gasteiger partial charge in [0.2, 0.25) is 0 Å². The Kier molecular flexibility index (Phi) is 8.02. The van der Waals surface area contributed by atoms with Crippen molar-refractivity contribution in [2.24, 2.45) is 0 Å². The van der Waals surface area contributed by atoms with Gasteiger partial charge in [-0.3, -0.25) is 4.79 Å². The zero-order valence-corrected chi connectivity index (χ0v) is 11.4. The van der Waals surface area contributed by atoms with Crippen molar-refractivity contribution in [1.29, 1.82) is 0 Å². The summed E-state index contributed by atoms with van der Waals surface area (Å²) in [6.07, 6.45) is 11.5. The molecule has 1 rings (SSSR count). The van der Waals surface area contributed by atoms with Gasteiger partial charge in [-0.05, 0) is 18.6 Å². The van der Waals surface area contributed by atoms with Crippen molar-refractivity contribution in [3.05, 3.63) is 24.0 Å². The standard InChI is InChI=1S/C15H24N2O/c1-2-3-4-5-6-7-8-11-15(18)13-14-10-9-12-16-17-14/h9-10,12H,2-8,11,13H2,1H3. The van der Waals surface area contributed by atoms with Gasteiger partial charge in [0.05, 0.1) is 12.1 Å². The van der Waals surface area contributed by atoms with Crippen LogP contribution >= 0.6 is 0 Å². The lowest BCUT2D eigenvalue weighted by Crippen LogP contribution is -2.04. The maximum Gasteiger partial charge on any atom is 0.138 e. The average molecular weight is 248 g/mol. The van der Waals surface area contributed by atoms with Crippen LogP contribution in [0.3, 0.4) is 0 Å². The Bertz CT molecular complexity index is 325. The first-order valence-corrected chi connectivity index (χ1v) is 7.11. The predicted molar refractivity (Wildman–Crippen MR) is 73.4 cm³/mol. The molecular formula is C15H24N2O. The van der Waals surface area contributed by atoms with Gasteiger partial charge in [-0.25, -0.2) is 0 Å². The summed E-state index contributed by atoms with van der Waals surface area (Å²) in [4.78, 5) is 11.7. The van der Waals surface area contributed by atoms with E-state index < -0.39 is 0 Å². The van der Waals surface area contributed by atoms with E-state index in [2.05, 4.69) is 17.1 Å². The summed E-state index contributed by atoms with van der Waals surface area (Å²) >= 11 is 0. The van der Waals surface area contributed by atoms with E-state index in [-0.39, 0.29) is 5.78 Å². The monoisotopic (exact) mass is 248 g/mol. The molecule has 0 N–H and O–H groups in total. The minimum atomic E-state index is 0.282. The Morgan fingerprint density at radius 1 is 1.11 bits per heavy atom. The third-order valence-electron chi connectivity index (χ3n) is 3.06. The maximum atomic E-state index is 11.7. The maximum absolute atomic E-state index is 11.7. The van der Waals surface area contributed by atoms with Crippen molar-refractivity contribution in [1.82, 2.24) is 10.2 Å². The molecule has 0 atom stereocenters. The van der Waals surface area contributed by atoms with Gasteiger partial charge < -0.3 is 0 Å². The van der Waals surface area contributed by atoms with E-state index in [9.17, 15) is 4.79 Å². The normalized spacial score (nSPS) is 10.5. The molecular weight excluding hydrogens is 224 g/mol. The fourth-order valence-electron chi connectivity index (χ4n) is 2.00. The number of rotatable bonds is 10. The number of carbonyl (C=O) groups excluding carboxylic acids is 1. The summed E-state index contributed by atoms with van der Waals surface area (Å²) in [6, 6.07) is 3.68. The molecule has 18 heavy (non-hydrogen) atoms. The van der Waals surface area contributed by atoms with Crippen molar-refractivity contribution < 1.29 is 4.79 Å². The van der Waals surface area contributed by atoms with Crippen LogP contribution in [0.2, 0.25) is 0 Å². The lowest BCUT2D eigenvalue weighted by atomic mass is 10.0. The van der Waals surface area contributed by atoms with E-state index in [1.54, 1.807) is 6.20 Å². The molecule has 1 heterocycles. The van der Waals surface area contributed by atoms with E-state index in [1.165, 1.54) is 38.5 Å². The van der Waals surface area contributed by atoms with Crippen LogP contribution in [0.15, 0.2) is 18.3 Å². The highest BCUT2D eigenvalue weighted by Gasteiger charge is 2.04. The van der Waals surface area contributed by atoms with Crippen molar-refractivity contribution >= 4 is 5.78 Å². The molecule has 0 saturated heterocycles. The fraction of sp³-hybridized carbons (Fsp3) is 0.667. The SMILES string of the molecule is CCCCCCCCCC(=O)Cc1cccnn1. The number of aromatic nitrogens is 2. The number of Topliss-reactive ketones (excluding diaryl/α,β-unsaturated/α-hetero) is 1. The lowest BCUT2D eigenvalue weighted by Gasteiger charge is -2.01. The Hall–Kier alpha value is -1.25. The van der Waals surface area contributed by atoms with Gasteiger partial charge in [-0.15, -0.1) is 0 Å². The summed E-state index contributed by atoms with van der Waals surface area (Å²) in [5.74, 6) is 0.282. The van der Waals surface area contributed by atoms with Crippen LogP contribution in [0.4, 0.5) is 0 Å². The van der Waals surface area contributed by atoms with Crippen LogP contribution < -0.4 is 0 Å². The fourth-order valence-corrected chi connectivity index (χ4v) is 2.00. The van der Waals surface area contributed by atoms with Crippen LogP contribution in [0.1, 0.15) is 64.0 Å². The molecule has 0 spiro atoms. The van der Waals surface area contributed by atoms with Crippen molar-refractivity contribution in [2.75, 3.05) is 0 Å². The molecule has 0 saturated carbocycles. The van der Waals surface area contributed by atoms with E-state index in [4.69, 9.17) is 0 Å². The largest absolute Gasteiger partial charge is 0.299 e. The van der Waals surface area contributed by atoms with Gasteiger partial charge in [0, 0.05) is 12.6 Å². The quantitative estimate of drug-likeness (QED) is 0.592. The second-order valence-corrected chi connectivity index (χ2v) is 4.80. The van der Waals surface area contributed by atoms with Gasteiger partial charge in [-0.1, -0.05) is 45.4 Å². The van der Waals surface area contributed by atoms with Gasteiger partial charge in [-0.2, -0.15) is 10.2 Å². The third kappa shape index (κ3) is 7.15. The topological polar surface area (TPSA) is 42.9 Å². The molecule has 1 aromatic rings. The zero-order valence-electron chi connectivity index (χ0n) is 11.4. The molecule has 0 aliphatic carbocycles. The van der Waals surface area contributed by atoms with Crippen molar-refractivity contribution in [2.45, 2.75) is 64.7 Å². The molecule has 3 heteroatoms. The van der Waals surface area contributed by atoms with Gasteiger partial charge in [0.15, 0.2) is 0 Å².